The van der Waals surface area contributed by atoms with Crippen LogP contribution in [-0.2, 0) is 5.41 Å². The summed E-state index contributed by atoms with van der Waals surface area (Å²) in [6.45, 7) is 4.80. The van der Waals surface area contributed by atoms with E-state index in [1.807, 2.05) is 0 Å². The number of fused-ring (bicyclic) bond motifs is 6. The highest BCUT2D eigenvalue weighted by Gasteiger charge is 2.39. The van der Waals surface area contributed by atoms with Crippen LogP contribution in [0.3, 0.4) is 0 Å². The SMILES string of the molecule is CC1(C)c2cc3ccccc3cc2-c2cccc(N(c3cccc(-c4ccccc4)c3)c3ccc4ccccc4c3-c3ccc4ccccc4c3)c21. The minimum atomic E-state index is -0.236. The van der Waals surface area contributed by atoms with E-state index in [0.717, 1.165) is 11.4 Å². The monoisotopic (exact) mass is 663 g/mol. The van der Waals surface area contributed by atoms with Crippen molar-refractivity contribution in [3.05, 3.63) is 199 Å². The van der Waals surface area contributed by atoms with E-state index in [-0.39, 0.29) is 5.41 Å². The molecule has 0 saturated carbocycles. The predicted molar refractivity (Wildman–Crippen MR) is 222 cm³/mol. The van der Waals surface area contributed by atoms with Gasteiger partial charge in [0.25, 0.3) is 0 Å². The molecule has 1 aliphatic carbocycles. The molecule has 9 aromatic carbocycles. The van der Waals surface area contributed by atoms with Crippen molar-refractivity contribution in [3.63, 3.8) is 0 Å². The lowest BCUT2D eigenvalue weighted by Gasteiger charge is -2.34. The Hall–Kier alpha value is -6.44. The van der Waals surface area contributed by atoms with E-state index >= 15 is 0 Å². The minimum Gasteiger partial charge on any atom is -0.309 e. The van der Waals surface area contributed by atoms with Crippen molar-refractivity contribution >= 4 is 49.4 Å². The summed E-state index contributed by atoms with van der Waals surface area (Å²) in [6.07, 6.45) is 0. The number of anilines is 3. The summed E-state index contributed by atoms with van der Waals surface area (Å²) in [7, 11) is 0. The second kappa shape index (κ2) is 11.8. The summed E-state index contributed by atoms with van der Waals surface area (Å²) in [5, 5.41) is 7.50. The van der Waals surface area contributed by atoms with Gasteiger partial charge in [0.2, 0.25) is 0 Å². The molecule has 0 saturated heterocycles. The van der Waals surface area contributed by atoms with Gasteiger partial charge in [-0.1, -0.05) is 159 Å². The maximum atomic E-state index is 2.54. The van der Waals surface area contributed by atoms with Crippen molar-refractivity contribution in [3.8, 4) is 33.4 Å². The van der Waals surface area contributed by atoms with Gasteiger partial charge in [-0.3, -0.25) is 0 Å². The number of hydrogen-bond acceptors (Lipinski definition) is 1. The molecule has 9 aromatic rings. The Morgan fingerprint density at radius 1 is 0.385 bits per heavy atom. The fourth-order valence-electron chi connectivity index (χ4n) is 8.68. The van der Waals surface area contributed by atoms with Crippen molar-refractivity contribution < 1.29 is 0 Å². The molecule has 246 valence electrons. The number of rotatable bonds is 5. The molecule has 1 nitrogen and oxygen atoms in total. The van der Waals surface area contributed by atoms with E-state index in [4.69, 9.17) is 0 Å². The van der Waals surface area contributed by atoms with E-state index < -0.39 is 0 Å². The molecule has 52 heavy (non-hydrogen) atoms. The van der Waals surface area contributed by atoms with Gasteiger partial charge in [0.1, 0.15) is 0 Å². The summed E-state index contributed by atoms with van der Waals surface area (Å²) in [5.74, 6) is 0. The van der Waals surface area contributed by atoms with Gasteiger partial charge in [-0.2, -0.15) is 0 Å². The number of benzene rings is 9. The molecule has 0 aromatic heterocycles. The zero-order valence-electron chi connectivity index (χ0n) is 29.3. The quantitative estimate of drug-likeness (QED) is 0.177. The van der Waals surface area contributed by atoms with Crippen LogP contribution in [0.2, 0.25) is 0 Å². The molecule has 0 heterocycles. The first-order valence-corrected chi connectivity index (χ1v) is 18.2. The summed E-state index contributed by atoms with van der Waals surface area (Å²) < 4.78 is 0. The zero-order chi connectivity index (χ0) is 34.8. The summed E-state index contributed by atoms with van der Waals surface area (Å²) in [5.41, 5.74) is 13.4. The molecular weight excluding hydrogens is 627 g/mol. The van der Waals surface area contributed by atoms with Crippen LogP contribution < -0.4 is 4.90 Å². The van der Waals surface area contributed by atoms with Crippen LogP contribution in [-0.4, -0.2) is 0 Å². The van der Waals surface area contributed by atoms with Crippen LogP contribution in [0.4, 0.5) is 17.1 Å². The first kappa shape index (κ1) is 30.4. The second-order valence-corrected chi connectivity index (χ2v) is 14.6. The molecule has 0 amide bonds. The van der Waals surface area contributed by atoms with E-state index in [2.05, 4.69) is 207 Å². The van der Waals surface area contributed by atoms with Crippen LogP contribution in [0.5, 0.6) is 0 Å². The van der Waals surface area contributed by atoms with E-state index in [1.165, 1.54) is 82.5 Å². The van der Waals surface area contributed by atoms with Gasteiger partial charge >= 0.3 is 0 Å². The van der Waals surface area contributed by atoms with Gasteiger partial charge in [0.05, 0.1) is 11.4 Å². The van der Waals surface area contributed by atoms with Crippen LogP contribution in [0.25, 0.3) is 65.7 Å². The molecule has 0 atom stereocenters. The molecule has 0 radical (unpaired) electrons. The Kier molecular flexibility index (Phi) is 6.91. The van der Waals surface area contributed by atoms with Gasteiger partial charge in [0, 0.05) is 16.7 Å². The maximum Gasteiger partial charge on any atom is 0.0546 e. The Morgan fingerprint density at radius 3 is 1.83 bits per heavy atom. The third-order valence-corrected chi connectivity index (χ3v) is 11.2. The Balaban J connectivity index is 1.29. The molecule has 1 heteroatoms. The fourth-order valence-corrected chi connectivity index (χ4v) is 8.68. The molecular formula is C51H37N. The fraction of sp³-hybridized carbons (Fsp3) is 0.0588. The van der Waals surface area contributed by atoms with E-state index in [1.54, 1.807) is 0 Å². The molecule has 10 rings (SSSR count). The normalized spacial score (nSPS) is 13.0. The maximum absolute atomic E-state index is 2.54. The van der Waals surface area contributed by atoms with Crippen LogP contribution in [0, 0.1) is 0 Å². The Labute approximate surface area is 305 Å². The highest BCUT2D eigenvalue weighted by atomic mass is 15.1. The van der Waals surface area contributed by atoms with Gasteiger partial charge in [-0.05, 0) is 114 Å². The Morgan fingerprint density at radius 2 is 1.02 bits per heavy atom. The lowest BCUT2D eigenvalue weighted by Crippen LogP contribution is -2.21. The summed E-state index contributed by atoms with van der Waals surface area (Å²) in [6, 6.07) is 69.3. The van der Waals surface area contributed by atoms with E-state index in [9.17, 15) is 0 Å². The van der Waals surface area contributed by atoms with Crippen molar-refractivity contribution in [1.82, 2.24) is 0 Å². The molecule has 1 aliphatic rings. The first-order chi connectivity index (χ1) is 25.5. The average molecular weight is 664 g/mol. The highest BCUT2D eigenvalue weighted by Crippen LogP contribution is 2.56. The molecule has 0 unspecified atom stereocenters. The summed E-state index contributed by atoms with van der Waals surface area (Å²) >= 11 is 0. The van der Waals surface area contributed by atoms with Crippen molar-refractivity contribution in [2.75, 3.05) is 4.90 Å². The third kappa shape index (κ3) is 4.77. The van der Waals surface area contributed by atoms with Gasteiger partial charge in [-0.25, -0.2) is 0 Å². The molecule has 0 aliphatic heterocycles. The largest absolute Gasteiger partial charge is 0.309 e. The van der Waals surface area contributed by atoms with Crippen LogP contribution >= 0.6 is 0 Å². The standard InChI is InChI=1S/C51H37N/c1-51(2)46-33-40-20-9-8-19-39(40)32-45(46)44-24-13-25-48(50(44)51)52(42-22-12-21-38(31-42)34-14-4-3-5-15-34)47-29-28-36-17-10-11-23-43(36)49(47)41-27-26-35-16-6-7-18-37(35)30-41/h3-33H,1-2H3. The van der Waals surface area contributed by atoms with Gasteiger partial charge in [0.15, 0.2) is 0 Å². The Bertz CT molecular complexity index is 2830. The van der Waals surface area contributed by atoms with E-state index in [0.29, 0.717) is 0 Å². The van der Waals surface area contributed by atoms with Crippen molar-refractivity contribution in [2.45, 2.75) is 19.3 Å². The first-order valence-electron chi connectivity index (χ1n) is 18.2. The van der Waals surface area contributed by atoms with Crippen LogP contribution in [0.15, 0.2) is 188 Å². The summed E-state index contributed by atoms with van der Waals surface area (Å²) in [4.78, 5) is 2.54. The van der Waals surface area contributed by atoms with Gasteiger partial charge < -0.3 is 4.90 Å². The average Bonchev–Trinajstić information content (AvgIpc) is 3.42. The third-order valence-electron chi connectivity index (χ3n) is 11.2. The lowest BCUT2D eigenvalue weighted by atomic mass is 9.80. The lowest BCUT2D eigenvalue weighted by molar-refractivity contribution is 0.661. The topological polar surface area (TPSA) is 3.24 Å². The second-order valence-electron chi connectivity index (χ2n) is 14.6. The van der Waals surface area contributed by atoms with Crippen molar-refractivity contribution in [1.29, 1.82) is 0 Å². The van der Waals surface area contributed by atoms with Crippen LogP contribution in [0.1, 0.15) is 25.0 Å². The number of hydrogen-bond donors (Lipinski definition) is 0. The minimum absolute atomic E-state index is 0.236. The zero-order valence-corrected chi connectivity index (χ0v) is 29.3. The molecule has 0 spiro atoms. The smallest absolute Gasteiger partial charge is 0.0546 e. The molecule has 0 fully saturated rings. The number of nitrogens with zero attached hydrogens (tertiary/aromatic N) is 1. The van der Waals surface area contributed by atoms with Gasteiger partial charge in [-0.15, -0.1) is 0 Å². The van der Waals surface area contributed by atoms with Crippen molar-refractivity contribution in [2.24, 2.45) is 0 Å². The molecule has 0 N–H and O–H groups in total. The predicted octanol–water partition coefficient (Wildman–Crippen LogP) is 14.3. The molecule has 0 bridgehead atoms. The highest BCUT2D eigenvalue weighted by molar-refractivity contribution is 6.08.